The van der Waals surface area contributed by atoms with Crippen molar-refractivity contribution >= 4 is 6.03 Å². The van der Waals surface area contributed by atoms with E-state index < -0.39 is 6.10 Å². The van der Waals surface area contributed by atoms with Crippen molar-refractivity contribution < 1.29 is 14.6 Å². The Balaban J connectivity index is 2.18. The van der Waals surface area contributed by atoms with Crippen LogP contribution in [-0.4, -0.2) is 43.0 Å². The Labute approximate surface area is 109 Å². The maximum Gasteiger partial charge on any atom is 0.315 e. The first-order chi connectivity index (χ1) is 8.63. The van der Waals surface area contributed by atoms with Gasteiger partial charge in [0, 0.05) is 25.8 Å². The molecule has 0 spiro atoms. The van der Waals surface area contributed by atoms with Crippen LogP contribution in [0.3, 0.4) is 0 Å². The molecule has 18 heavy (non-hydrogen) atoms. The molecule has 0 aromatic rings. The first kappa shape index (κ1) is 15.2. The van der Waals surface area contributed by atoms with Gasteiger partial charge in [-0.2, -0.15) is 0 Å². The fourth-order valence-corrected chi connectivity index (χ4v) is 2.24. The monoisotopic (exact) mass is 258 g/mol. The van der Waals surface area contributed by atoms with E-state index in [2.05, 4.69) is 10.6 Å². The number of urea groups is 1. The topological polar surface area (TPSA) is 70.6 Å². The molecule has 1 aliphatic rings. The lowest BCUT2D eigenvalue weighted by Crippen LogP contribution is -2.46. The van der Waals surface area contributed by atoms with Crippen molar-refractivity contribution in [1.29, 1.82) is 0 Å². The number of amides is 2. The molecular formula is C13H26N2O3. The van der Waals surface area contributed by atoms with Crippen molar-refractivity contribution in [3.05, 3.63) is 0 Å². The van der Waals surface area contributed by atoms with E-state index in [4.69, 9.17) is 4.74 Å². The smallest absolute Gasteiger partial charge is 0.315 e. The van der Waals surface area contributed by atoms with Crippen molar-refractivity contribution in [3.8, 4) is 0 Å². The number of carbonyl (C=O) groups excluding carboxylic acids is 1. The molecule has 1 heterocycles. The maximum atomic E-state index is 11.6. The van der Waals surface area contributed by atoms with Crippen molar-refractivity contribution in [1.82, 2.24) is 10.6 Å². The third-order valence-corrected chi connectivity index (χ3v) is 3.45. The summed E-state index contributed by atoms with van der Waals surface area (Å²) < 4.78 is 5.30. The van der Waals surface area contributed by atoms with Gasteiger partial charge in [0.25, 0.3) is 0 Å². The Morgan fingerprint density at radius 2 is 2.11 bits per heavy atom. The highest BCUT2D eigenvalue weighted by molar-refractivity contribution is 5.74. The van der Waals surface area contributed by atoms with E-state index in [0.717, 1.165) is 38.9 Å². The molecule has 1 aliphatic heterocycles. The molecule has 2 atom stereocenters. The summed E-state index contributed by atoms with van der Waals surface area (Å²) in [5.74, 6) is 0.491. The van der Waals surface area contributed by atoms with Crippen molar-refractivity contribution in [3.63, 3.8) is 0 Å². The van der Waals surface area contributed by atoms with Gasteiger partial charge < -0.3 is 20.5 Å². The van der Waals surface area contributed by atoms with Gasteiger partial charge in [-0.3, -0.25) is 0 Å². The Kier molecular flexibility index (Phi) is 7.05. The standard InChI is InChI=1S/C13H26N2O3/c1-3-4-12(16)9-14-13(17)15-10(2)11-5-7-18-8-6-11/h10-12,16H,3-9H2,1-2H3,(H2,14,15,17). The Bertz CT molecular complexity index is 242. The minimum atomic E-state index is -0.445. The molecule has 3 N–H and O–H groups in total. The van der Waals surface area contributed by atoms with Crippen LogP contribution >= 0.6 is 0 Å². The van der Waals surface area contributed by atoms with E-state index in [1.165, 1.54) is 0 Å². The lowest BCUT2D eigenvalue weighted by molar-refractivity contribution is 0.0570. The molecule has 0 bridgehead atoms. The van der Waals surface area contributed by atoms with Gasteiger partial charge >= 0.3 is 6.03 Å². The lowest BCUT2D eigenvalue weighted by Gasteiger charge is -2.28. The van der Waals surface area contributed by atoms with Gasteiger partial charge in [0.2, 0.25) is 0 Å². The van der Waals surface area contributed by atoms with Crippen molar-refractivity contribution in [2.24, 2.45) is 5.92 Å². The zero-order valence-electron chi connectivity index (χ0n) is 11.4. The molecule has 2 amide bonds. The Morgan fingerprint density at radius 1 is 1.44 bits per heavy atom. The number of carbonyl (C=O) groups is 1. The van der Waals surface area contributed by atoms with Crippen LogP contribution in [0.15, 0.2) is 0 Å². The minimum absolute atomic E-state index is 0.150. The van der Waals surface area contributed by atoms with Crippen LogP contribution in [0.1, 0.15) is 39.5 Å². The molecule has 106 valence electrons. The van der Waals surface area contributed by atoms with Crippen LogP contribution in [0, 0.1) is 5.92 Å². The molecule has 0 aromatic heterocycles. The highest BCUT2D eigenvalue weighted by atomic mass is 16.5. The van der Waals surface area contributed by atoms with Gasteiger partial charge in [-0.25, -0.2) is 4.79 Å². The van der Waals surface area contributed by atoms with Crippen LogP contribution in [-0.2, 0) is 4.74 Å². The van der Waals surface area contributed by atoms with Gasteiger partial charge in [-0.05, 0) is 32.1 Å². The van der Waals surface area contributed by atoms with E-state index in [1.807, 2.05) is 13.8 Å². The quantitative estimate of drug-likeness (QED) is 0.672. The van der Waals surface area contributed by atoms with E-state index in [0.29, 0.717) is 12.5 Å². The lowest BCUT2D eigenvalue weighted by atomic mass is 9.93. The van der Waals surface area contributed by atoms with Crippen molar-refractivity contribution in [2.75, 3.05) is 19.8 Å². The highest BCUT2D eigenvalue weighted by Crippen LogP contribution is 2.18. The SMILES string of the molecule is CCCC(O)CNC(=O)NC(C)C1CCOCC1. The second kappa shape index (κ2) is 8.32. The van der Waals surface area contributed by atoms with Gasteiger partial charge in [-0.1, -0.05) is 13.3 Å². The predicted molar refractivity (Wildman–Crippen MR) is 70.5 cm³/mol. The summed E-state index contributed by atoms with van der Waals surface area (Å²) in [4.78, 5) is 11.6. The van der Waals surface area contributed by atoms with Crippen LogP contribution in [0.25, 0.3) is 0 Å². The number of nitrogens with one attached hydrogen (secondary N) is 2. The van der Waals surface area contributed by atoms with Crippen LogP contribution in [0.4, 0.5) is 4.79 Å². The summed E-state index contributed by atoms with van der Waals surface area (Å²) in [7, 11) is 0. The van der Waals surface area contributed by atoms with E-state index in [1.54, 1.807) is 0 Å². The van der Waals surface area contributed by atoms with Gasteiger partial charge in [0.15, 0.2) is 0 Å². The molecule has 0 aromatic carbocycles. The zero-order valence-corrected chi connectivity index (χ0v) is 11.4. The van der Waals surface area contributed by atoms with Gasteiger partial charge in [0.05, 0.1) is 6.10 Å². The molecule has 0 aliphatic carbocycles. The number of ether oxygens (including phenoxy) is 1. The van der Waals surface area contributed by atoms with Crippen LogP contribution in [0.5, 0.6) is 0 Å². The summed E-state index contributed by atoms with van der Waals surface area (Å²) in [5.41, 5.74) is 0. The number of hydrogen-bond acceptors (Lipinski definition) is 3. The average molecular weight is 258 g/mol. The fourth-order valence-electron chi connectivity index (χ4n) is 2.24. The molecular weight excluding hydrogens is 232 g/mol. The van der Waals surface area contributed by atoms with Gasteiger partial charge in [0.1, 0.15) is 0 Å². The molecule has 0 saturated carbocycles. The Hall–Kier alpha value is -0.810. The second-order valence-corrected chi connectivity index (χ2v) is 5.04. The first-order valence-electron chi connectivity index (χ1n) is 6.93. The molecule has 5 nitrogen and oxygen atoms in total. The molecule has 0 radical (unpaired) electrons. The molecule has 1 rings (SSSR count). The molecule has 5 heteroatoms. The van der Waals surface area contributed by atoms with Crippen LogP contribution in [0.2, 0.25) is 0 Å². The molecule has 1 fully saturated rings. The van der Waals surface area contributed by atoms with Crippen molar-refractivity contribution in [2.45, 2.75) is 51.7 Å². The number of rotatable bonds is 6. The molecule has 1 saturated heterocycles. The summed E-state index contributed by atoms with van der Waals surface area (Å²) >= 11 is 0. The summed E-state index contributed by atoms with van der Waals surface area (Å²) in [6.07, 6.45) is 3.19. The zero-order chi connectivity index (χ0) is 13.4. The van der Waals surface area contributed by atoms with Gasteiger partial charge in [-0.15, -0.1) is 0 Å². The number of aliphatic hydroxyl groups is 1. The highest BCUT2D eigenvalue weighted by Gasteiger charge is 2.21. The van der Waals surface area contributed by atoms with E-state index in [-0.39, 0.29) is 12.1 Å². The average Bonchev–Trinajstić information content (AvgIpc) is 2.38. The Morgan fingerprint density at radius 3 is 2.72 bits per heavy atom. The maximum absolute atomic E-state index is 11.6. The summed E-state index contributed by atoms with van der Waals surface area (Å²) in [6, 6.07) is -0.0404. The van der Waals surface area contributed by atoms with Crippen LogP contribution < -0.4 is 10.6 Å². The summed E-state index contributed by atoms with van der Waals surface area (Å²) in [6.45, 7) is 5.93. The number of hydrogen-bond donors (Lipinski definition) is 3. The predicted octanol–water partition coefficient (Wildman–Crippen LogP) is 1.26. The molecule has 2 unspecified atom stereocenters. The largest absolute Gasteiger partial charge is 0.391 e. The van der Waals surface area contributed by atoms with E-state index in [9.17, 15) is 9.90 Å². The summed E-state index contributed by atoms with van der Waals surface area (Å²) in [5, 5.41) is 15.2. The van der Waals surface area contributed by atoms with E-state index >= 15 is 0 Å². The normalized spacial score (nSPS) is 20.2. The number of aliphatic hydroxyl groups excluding tert-OH is 1. The third-order valence-electron chi connectivity index (χ3n) is 3.45. The second-order valence-electron chi connectivity index (χ2n) is 5.04. The first-order valence-corrected chi connectivity index (χ1v) is 6.93. The fraction of sp³-hybridized carbons (Fsp3) is 0.923. The third kappa shape index (κ3) is 5.69. The minimum Gasteiger partial charge on any atom is -0.391 e.